The number of alkyl halides is 1. The van der Waals surface area contributed by atoms with Crippen molar-refractivity contribution in [1.29, 1.82) is 0 Å². The Bertz CT molecular complexity index is 336. The van der Waals surface area contributed by atoms with Crippen molar-refractivity contribution in [3.8, 4) is 5.75 Å². The summed E-state index contributed by atoms with van der Waals surface area (Å²) < 4.78 is 5.68. The molecule has 0 aliphatic heterocycles. The molecule has 0 saturated heterocycles. The van der Waals surface area contributed by atoms with Crippen molar-refractivity contribution in [3.63, 3.8) is 0 Å². The first-order valence-corrected chi connectivity index (χ1v) is 7.37. The molecule has 100 valence electrons. The molecule has 2 nitrogen and oxygen atoms in total. The lowest BCUT2D eigenvalue weighted by Crippen LogP contribution is -2.49. The minimum Gasteiger partial charge on any atom is -0.492 e. The van der Waals surface area contributed by atoms with Crippen LogP contribution in [0.1, 0.15) is 32.1 Å². The maximum Gasteiger partial charge on any atom is 0.119 e. The number of rotatable bonds is 6. The van der Waals surface area contributed by atoms with E-state index in [1.807, 2.05) is 30.3 Å². The molecule has 3 heteroatoms. The fourth-order valence-corrected chi connectivity index (χ4v) is 2.95. The van der Waals surface area contributed by atoms with Crippen molar-refractivity contribution in [1.82, 2.24) is 5.32 Å². The summed E-state index contributed by atoms with van der Waals surface area (Å²) in [6, 6.07) is 9.94. The van der Waals surface area contributed by atoms with Crippen LogP contribution in [0.4, 0.5) is 0 Å². The van der Waals surface area contributed by atoms with Gasteiger partial charge in [0.2, 0.25) is 0 Å². The topological polar surface area (TPSA) is 21.3 Å². The fourth-order valence-electron chi connectivity index (χ4n) is 2.59. The number of hydrogen-bond donors (Lipinski definition) is 1. The molecule has 0 bridgehead atoms. The van der Waals surface area contributed by atoms with Gasteiger partial charge in [0, 0.05) is 18.0 Å². The zero-order valence-corrected chi connectivity index (χ0v) is 11.6. The third-order valence-electron chi connectivity index (χ3n) is 3.68. The maximum absolute atomic E-state index is 6.13. The van der Waals surface area contributed by atoms with Crippen LogP contribution >= 0.6 is 11.6 Å². The lowest BCUT2D eigenvalue weighted by molar-refractivity contribution is 0.230. The Morgan fingerprint density at radius 3 is 2.50 bits per heavy atom. The van der Waals surface area contributed by atoms with Crippen LogP contribution in [0.15, 0.2) is 30.3 Å². The summed E-state index contributed by atoms with van der Waals surface area (Å²) in [5.41, 5.74) is 0.153. The molecule has 1 aromatic carbocycles. The molecule has 0 heterocycles. The number of para-hydroxylation sites is 1. The molecule has 1 aliphatic rings. The van der Waals surface area contributed by atoms with Crippen molar-refractivity contribution in [2.45, 2.75) is 37.6 Å². The van der Waals surface area contributed by atoms with E-state index in [2.05, 4.69) is 5.32 Å². The smallest absolute Gasteiger partial charge is 0.119 e. The first-order chi connectivity index (χ1) is 8.85. The number of ether oxygens (including phenoxy) is 1. The van der Waals surface area contributed by atoms with E-state index in [0.717, 1.165) is 12.3 Å². The monoisotopic (exact) mass is 267 g/mol. The Kier molecular flexibility index (Phi) is 5.33. The second-order valence-electron chi connectivity index (χ2n) is 5.06. The second kappa shape index (κ2) is 7.01. The number of nitrogens with one attached hydrogen (secondary N) is 1. The van der Waals surface area contributed by atoms with Crippen LogP contribution in [-0.4, -0.2) is 24.6 Å². The van der Waals surface area contributed by atoms with Crippen LogP contribution in [0.25, 0.3) is 0 Å². The third kappa shape index (κ3) is 3.89. The zero-order valence-electron chi connectivity index (χ0n) is 10.8. The molecule has 0 radical (unpaired) electrons. The van der Waals surface area contributed by atoms with Gasteiger partial charge in [-0.1, -0.05) is 37.5 Å². The number of halogens is 1. The standard InChI is InChI=1S/C15H22ClNO/c16-13-15(9-5-2-6-10-15)17-11-12-18-14-7-3-1-4-8-14/h1,3-4,7-8,17H,2,5-6,9-13H2. The summed E-state index contributed by atoms with van der Waals surface area (Å²) in [5, 5.41) is 3.60. The van der Waals surface area contributed by atoms with Crippen molar-refractivity contribution in [2.24, 2.45) is 0 Å². The van der Waals surface area contributed by atoms with Gasteiger partial charge in [0.25, 0.3) is 0 Å². The first-order valence-electron chi connectivity index (χ1n) is 6.83. The van der Waals surface area contributed by atoms with Gasteiger partial charge in [0.15, 0.2) is 0 Å². The van der Waals surface area contributed by atoms with E-state index in [1.165, 1.54) is 32.1 Å². The average Bonchev–Trinajstić information content (AvgIpc) is 2.46. The molecule has 0 atom stereocenters. The van der Waals surface area contributed by atoms with Crippen LogP contribution in [0, 0.1) is 0 Å². The molecule has 0 aromatic heterocycles. The number of hydrogen-bond acceptors (Lipinski definition) is 2. The lowest BCUT2D eigenvalue weighted by atomic mass is 9.83. The Labute approximate surface area is 115 Å². The van der Waals surface area contributed by atoms with Gasteiger partial charge in [-0.3, -0.25) is 0 Å². The second-order valence-corrected chi connectivity index (χ2v) is 5.33. The molecular weight excluding hydrogens is 246 g/mol. The summed E-state index contributed by atoms with van der Waals surface area (Å²) in [5.74, 6) is 1.64. The molecule has 0 amide bonds. The quantitative estimate of drug-likeness (QED) is 0.628. The highest BCUT2D eigenvalue weighted by Gasteiger charge is 2.30. The highest BCUT2D eigenvalue weighted by molar-refractivity contribution is 6.18. The van der Waals surface area contributed by atoms with Crippen molar-refractivity contribution >= 4 is 11.6 Å². The Hall–Kier alpha value is -0.730. The Balaban J connectivity index is 1.71. The van der Waals surface area contributed by atoms with Crippen molar-refractivity contribution < 1.29 is 4.74 Å². The zero-order chi connectivity index (χ0) is 12.7. The van der Waals surface area contributed by atoms with Gasteiger partial charge in [-0.05, 0) is 25.0 Å². The molecular formula is C15H22ClNO. The third-order valence-corrected chi connectivity index (χ3v) is 4.19. The van der Waals surface area contributed by atoms with E-state index < -0.39 is 0 Å². The van der Waals surface area contributed by atoms with Gasteiger partial charge < -0.3 is 10.1 Å². The minimum atomic E-state index is 0.153. The first kappa shape index (κ1) is 13.7. The van der Waals surface area contributed by atoms with E-state index in [-0.39, 0.29) is 5.54 Å². The van der Waals surface area contributed by atoms with Crippen LogP contribution in [-0.2, 0) is 0 Å². The summed E-state index contributed by atoms with van der Waals surface area (Å²) in [6.45, 7) is 1.56. The molecule has 1 fully saturated rings. The summed E-state index contributed by atoms with van der Waals surface area (Å²) >= 11 is 6.13. The SMILES string of the molecule is ClCC1(NCCOc2ccccc2)CCCCC1. The van der Waals surface area contributed by atoms with E-state index in [1.54, 1.807) is 0 Å². The summed E-state index contributed by atoms with van der Waals surface area (Å²) in [6.07, 6.45) is 6.32. The van der Waals surface area contributed by atoms with Crippen molar-refractivity contribution in [3.05, 3.63) is 30.3 Å². The average molecular weight is 268 g/mol. The molecule has 1 N–H and O–H groups in total. The molecule has 0 unspecified atom stereocenters. The highest BCUT2D eigenvalue weighted by atomic mass is 35.5. The van der Waals surface area contributed by atoms with Crippen LogP contribution in [0.2, 0.25) is 0 Å². The van der Waals surface area contributed by atoms with Crippen molar-refractivity contribution in [2.75, 3.05) is 19.0 Å². The fraction of sp³-hybridized carbons (Fsp3) is 0.600. The summed E-state index contributed by atoms with van der Waals surface area (Å²) in [7, 11) is 0. The Morgan fingerprint density at radius 1 is 1.11 bits per heavy atom. The molecule has 0 spiro atoms. The Morgan fingerprint density at radius 2 is 1.83 bits per heavy atom. The minimum absolute atomic E-state index is 0.153. The molecule has 1 saturated carbocycles. The molecule has 1 aromatic rings. The predicted molar refractivity (Wildman–Crippen MR) is 76.5 cm³/mol. The van der Waals surface area contributed by atoms with E-state index in [0.29, 0.717) is 12.5 Å². The molecule has 2 rings (SSSR count). The van der Waals surface area contributed by atoms with E-state index >= 15 is 0 Å². The largest absolute Gasteiger partial charge is 0.492 e. The number of benzene rings is 1. The van der Waals surface area contributed by atoms with Crippen LogP contribution in [0.5, 0.6) is 5.75 Å². The van der Waals surface area contributed by atoms with E-state index in [4.69, 9.17) is 16.3 Å². The predicted octanol–water partition coefficient (Wildman–Crippen LogP) is 3.60. The van der Waals surface area contributed by atoms with Gasteiger partial charge in [-0.2, -0.15) is 0 Å². The maximum atomic E-state index is 6.13. The molecule has 1 aliphatic carbocycles. The van der Waals surface area contributed by atoms with Gasteiger partial charge in [-0.25, -0.2) is 0 Å². The summed E-state index contributed by atoms with van der Waals surface area (Å²) in [4.78, 5) is 0. The van der Waals surface area contributed by atoms with Gasteiger partial charge >= 0.3 is 0 Å². The van der Waals surface area contributed by atoms with Crippen LogP contribution in [0.3, 0.4) is 0 Å². The molecule has 18 heavy (non-hydrogen) atoms. The highest BCUT2D eigenvalue weighted by Crippen LogP contribution is 2.29. The van der Waals surface area contributed by atoms with E-state index in [9.17, 15) is 0 Å². The van der Waals surface area contributed by atoms with Gasteiger partial charge in [0.1, 0.15) is 12.4 Å². The van der Waals surface area contributed by atoms with Gasteiger partial charge in [0.05, 0.1) is 0 Å². The van der Waals surface area contributed by atoms with Gasteiger partial charge in [-0.15, -0.1) is 11.6 Å². The lowest BCUT2D eigenvalue weighted by Gasteiger charge is -2.36. The normalized spacial score (nSPS) is 18.5. The van der Waals surface area contributed by atoms with Crippen LogP contribution < -0.4 is 10.1 Å².